The van der Waals surface area contributed by atoms with Gasteiger partial charge >= 0.3 is 5.97 Å². The molecule has 3 nitrogen and oxygen atoms in total. The second kappa shape index (κ2) is 6.63. The molecule has 114 valence electrons. The van der Waals surface area contributed by atoms with Gasteiger partial charge in [-0.3, -0.25) is 0 Å². The number of carbonyl (C=O) groups excluding carboxylic acids is 1. The van der Waals surface area contributed by atoms with Gasteiger partial charge in [0.05, 0.1) is 0 Å². The van der Waals surface area contributed by atoms with E-state index in [0.717, 1.165) is 11.1 Å². The van der Waals surface area contributed by atoms with Gasteiger partial charge < -0.3 is 4.74 Å². The van der Waals surface area contributed by atoms with Gasteiger partial charge in [0.15, 0.2) is 5.70 Å². The molecule has 0 aliphatic carbocycles. The number of esters is 1. The van der Waals surface area contributed by atoms with Crippen LogP contribution in [-0.2, 0) is 9.53 Å². The molecule has 1 heterocycles. The average molecular weight is 324 g/mol. The molecule has 0 amide bonds. The van der Waals surface area contributed by atoms with E-state index in [1.54, 1.807) is 30.3 Å². The van der Waals surface area contributed by atoms with Gasteiger partial charge in [0.25, 0.3) is 0 Å². The monoisotopic (exact) mass is 323 g/mol. The fourth-order valence-corrected chi connectivity index (χ4v) is 2.41. The minimum absolute atomic E-state index is 0.274. The normalized spacial score (nSPS) is 16.4. The third-order valence-corrected chi connectivity index (χ3v) is 3.49. The molecule has 0 spiro atoms. The van der Waals surface area contributed by atoms with Gasteiger partial charge in [-0.25, -0.2) is 9.79 Å². The Morgan fingerprint density at radius 2 is 1.91 bits per heavy atom. The van der Waals surface area contributed by atoms with E-state index in [1.165, 1.54) is 0 Å². The van der Waals surface area contributed by atoms with Crippen molar-refractivity contribution in [3.05, 3.63) is 88.1 Å². The summed E-state index contributed by atoms with van der Waals surface area (Å²) < 4.78 is 5.22. The minimum Gasteiger partial charge on any atom is -0.402 e. The number of hydrogen-bond acceptors (Lipinski definition) is 3. The summed E-state index contributed by atoms with van der Waals surface area (Å²) in [5.74, 6) is -0.183. The Balaban J connectivity index is 1.88. The zero-order valence-electron chi connectivity index (χ0n) is 12.5. The summed E-state index contributed by atoms with van der Waals surface area (Å²) in [6.45, 7) is 1.92. The molecule has 0 fully saturated rings. The molecule has 4 heteroatoms. The lowest BCUT2D eigenvalue weighted by Crippen LogP contribution is -2.05. The molecule has 2 aromatic carbocycles. The predicted octanol–water partition coefficient (Wildman–Crippen LogP) is 4.63. The number of allylic oxidation sites excluding steroid dienone is 2. The summed E-state index contributed by atoms with van der Waals surface area (Å²) in [4.78, 5) is 16.2. The first-order valence-corrected chi connectivity index (χ1v) is 7.51. The van der Waals surface area contributed by atoms with E-state index in [-0.39, 0.29) is 11.6 Å². The first kappa shape index (κ1) is 15.3. The Morgan fingerprint density at radius 1 is 1.13 bits per heavy atom. The van der Waals surface area contributed by atoms with Crippen molar-refractivity contribution in [1.29, 1.82) is 0 Å². The lowest BCUT2D eigenvalue weighted by Gasteiger charge is -1.98. The van der Waals surface area contributed by atoms with E-state index in [9.17, 15) is 4.79 Å². The molecule has 0 atom stereocenters. The maximum Gasteiger partial charge on any atom is 0.363 e. The van der Waals surface area contributed by atoms with Crippen molar-refractivity contribution in [2.75, 3.05) is 0 Å². The highest BCUT2D eigenvalue weighted by molar-refractivity contribution is 6.31. The van der Waals surface area contributed by atoms with Crippen LogP contribution in [0.2, 0.25) is 5.02 Å². The quantitative estimate of drug-likeness (QED) is 0.610. The molecule has 2 aromatic rings. The first-order valence-electron chi connectivity index (χ1n) is 7.14. The summed E-state index contributed by atoms with van der Waals surface area (Å²) in [5, 5.41) is 0.568. The smallest absolute Gasteiger partial charge is 0.363 e. The lowest BCUT2D eigenvalue weighted by atomic mass is 10.1. The van der Waals surface area contributed by atoms with E-state index >= 15 is 0 Å². The highest BCUT2D eigenvalue weighted by Crippen LogP contribution is 2.20. The van der Waals surface area contributed by atoms with Crippen molar-refractivity contribution < 1.29 is 9.53 Å². The van der Waals surface area contributed by atoms with Crippen LogP contribution in [0.5, 0.6) is 0 Å². The summed E-state index contributed by atoms with van der Waals surface area (Å²) in [7, 11) is 0. The van der Waals surface area contributed by atoms with Gasteiger partial charge in [-0.1, -0.05) is 54.1 Å². The number of carbonyl (C=O) groups is 1. The molecule has 0 aromatic heterocycles. The van der Waals surface area contributed by atoms with Crippen LogP contribution in [0.25, 0.3) is 6.08 Å². The Bertz CT molecular complexity index is 835. The standard InChI is InChI=1S/C19H14ClNO2/c1-13(10-14-6-3-2-4-7-14)11-17-19(22)23-18(21-17)15-8-5-9-16(20)12-15/h2-12H,1H3/b13-10+,17-11-. The van der Waals surface area contributed by atoms with Gasteiger partial charge in [0.2, 0.25) is 5.90 Å². The molecule has 0 saturated carbocycles. The zero-order valence-corrected chi connectivity index (χ0v) is 13.2. The number of benzene rings is 2. The van der Waals surface area contributed by atoms with Crippen molar-refractivity contribution in [3.63, 3.8) is 0 Å². The van der Waals surface area contributed by atoms with Gasteiger partial charge in [0, 0.05) is 10.6 Å². The number of rotatable bonds is 3. The number of cyclic esters (lactones) is 1. The van der Waals surface area contributed by atoms with E-state index in [0.29, 0.717) is 10.6 Å². The number of ether oxygens (including phenoxy) is 1. The van der Waals surface area contributed by atoms with E-state index in [1.807, 2.05) is 43.3 Å². The number of hydrogen-bond donors (Lipinski definition) is 0. The van der Waals surface area contributed by atoms with Crippen molar-refractivity contribution >= 4 is 29.5 Å². The van der Waals surface area contributed by atoms with Gasteiger partial charge in [0.1, 0.15) is 0 Å². The summed E-state index contributed by atoms with van der Waals surface area (Å²) in [6, 6.07) is 16.9. The molecule has 1 aliphatic heterocycles. The van der Waals surface area contributed by atoms with E-state index in [2.05, 4.69) is 4.99 Å². The van der Waals surface area contributed by atoms with Crippen LogP contribution in [0.15, 0.2) is 76.9 Å². The minimum atomic E-state index is -0.458. The molecule has 0 unspecified atom stereocenters. The van der Waals surface area contributed by atoms with Gasteiger partial charge in [-0.2, -0.15) is 0 Å². The molecule has 0 saturated heterocycles. The van der Waals surface area contributed by atoms with Crippen molar-refractivity contribution in [2.45, 2.75) is 6.92 Å². The largest absolute Gasteiger partial charge is 0.402 e. The zero-order chi connectivity index (χ0) is 16.2. The van der Waals surface area contributed by atoms with Crippen LogP contribution in [-0.4, -0.2) is 11.9 Å². The van der Waals surface area contributed by atoms with Gasteiger partial charge in [-0.15, -0.1) is 0 Å². The maximum absolute atomic E-state index is 12.0. The third kappa shape index (κ3) is 3.76. The molecule has 23 heavy (non-hydrogen) atoms. The van der Waals surface area contributed by atoms with Crippen LogP contribution in [0, 0.1) is 0 Å². The Kier molecular flexibility index (Phi) is 4.40. The van der Waals surface area contributed by atoms with Crippen molar-refractivity contribution in [2.24, 2.45) is 4.99 Å². The van der Waals surface area contributed by atoms with Crippen LogP contribution in [0.1, 0.15) is 18.1 Å². The highest BCUT2D eigenvalue weighted by atomic mass is 35.5. The third-order valence-electron chi connectivity index (χ3n) is 3.25. The number of nitrogens with zero attached hydrogens (tertiary/aromatic N) is 1. The summed E-state index contributed by atoms with van der Waals surface area (Å²) in [6.07, 6.45) is 3.69. The Hall–Kier alpha value is -2.65. The first-order chi connectivity index (χ1) is 11.1. The van der Waals surface area contributed by atoms with Crippen LogP contribution in [0.4, 0.5) is 0 Å². The lowest BCUT2D eigenvalue weighted by molar-refractivity contribution is -0.130. The van der Waals surface area contributed by atoms with Gasteiger partial charge in [-0.05, 0) is 42.3 Å². The topological polar surface area (TPSA) is 38.7 Å². The fraction of sp³-hybridized carbons (Fsp3) is 0.0526. The molecule has 0 bridgehead atoms. The maximum atomic E-state index is 12.0. The van der Waals surface area contributed by atoms with Crippen molar-refractivity contribution in [1.82, 2.24) is 0 Å². The summed E-state index contributed by atoms with van der Waals surface area (Å²) >= 11 is 5.95. The average Bonchev–Trinajstić information content (AvgIpc) is 2.89. The second-order valence-electron chi connectivity index (χ2n) is 5.15. The van der Waals surface area contributed by atoms with E-state index < -0.39 is 5.97 Å². The van der Waals surface area contributed by atoms with Crippen LogP contribution in [0.3, 0.4) is 0 Å². The Labute approximate surface area is 139 Å². The number of aliphatic imine (C=N–C) groups is 1. The Morgan fingerprint density at radius 3 is 2.65 bits per heavy atom. The van der Waals surface area contributed by atoms with Crippen LogP contribution < -0.4 is 0 Å². The molecule has 0 N–H and O–H groups in total. The predicted molar refractivity (Wildman–Crippen MR) is 92.3 cm³/mol. The molecule has 0 radical (unpaired) electrons. The number of halogens is 1. The SMILES string of the molecule is CC(/C=C1\N=C(c2cccc(Cl)c2)OC1=O)=C\c1ccccc1. The fourth-order valence-electron chi connectivity index (χ4n) is 2.22. The molecular formula is C19H14ClNO2. The highest BCUT2D eigenvalue weighted by Gasteiger charge is 2.24. The molecular weight excluding hydrogens is 310 g/mol. The molecule has 3 rings (SSSR count). The van der Waals surface area contributed by atoms with Crippen molar-refractivity contribution in [3.8, 4) is 0 Å². The summed E-state index contributed by atoms with van der Waals surface area (Å²) in [5.41, 5.74) is 2.94. The van der Waals surface area contributed by atoms with Crippen LogP contribution >= 0.6 is 11.6 Å². The second-order valence-corrected chi connectivity index (χ2v) is 5.58. The molecule has 1 aliphatic rings. The van der Waals surface area contributed by atoms with E-state index in [4.69, 9.17) is 16.3 Å².